The minimum Gasteiger partial charge on any atom is -1.00 e. The highest BCUT2D eigenvalue weighted by molar-refractivity contribution is 6.30. The van der Waals surface area contributed by atoms with Gasteiger partial charge in [-0.15, -0.1) is 0 Å². The van der Waals surface area contributed by atoms with Gasteiger partial charge in [0, 0.05) is 22.6 Å². The lowest BCUT2D eigenvalue weighted by Crippen LogP contribution is -3.00. The molecule has 1 heterocycles. The van der Waals surface area contributed by atoms with E-state index in [4.69, 9.17) is 21.1 Å². The number of hydrogen-bond donors (Lipinski definition) is 1. The first-order chi connectivity index (χ1) is 10.2. The van der Waals surface area contributed by atoms with Crippen LogP contribution in [-0.2, 0) is 6.42 Å². The van der Waals surface area contributed by atoms with Gasteiger partial charge in [-0.1, -0.05) is 23.7 Å². The van der Waals surface area contributed by atoms with Gasteiger partial charge < -0.3 is 27.2 Å². The quantitative estimate of drug-likeness (QED) is 0.823. The number of benzene rings is 2. The largest absolute Gasteiger partial charge is 1.00 e. The second-order valence-electron chi connectivity index (χ2n) is 5.21. The number of nitrogens with two attached hydrogens (primary N) is 1. The Morgan fingerprint density at radius 2 is 1.68 bits per heavy atom. The van der Waals surface area contributed by atoms with E-state index in [1.807, 2.05) is 12.1 Å². The van der Waals surface area contributed by atoms with Crippen LogP contribution in [0.5, 0.6) is 11.5 Å². The highest BCUT2D eigenvalue weighted by Crippen LogP contribution is 2.35. The van der Waals surface area contributed by atoms with Crippen molar-refractivity contribution in [2.24, 2.45) is 0 Å². The predicted octanol–water partition coefficient (Wildman–Crippen LogP) is -0.430. The van der Waals surface area contributed by atoms with Gasteiger partial charge in [0.15, 0.2) is 11.5 Å². The van der Waals surface area contributed by atoms with E-state index in [2.05, 4.69) is 29.6 Å². The molecular weight excluding hydrogens is 321 g/mol. The van der Waals surface area contributed by atoms with Crippen molar-refractivity contribution >= 4 is 11.6 Å². The van der Waals surface area contributed by atoms with Crippen LogP contribution in [0.1, 0.15) is 22.7 Å². The van der Waals surface area contributed by atoms with Crippen molar-refractivity contribution in [3.8, 4) is 11.5 Å². The molecule has 1 atom stereocenters. The first-order valence-electron chi connectivity index (χ1n) is 7.06. The molecule has 0 saturated heterocycles. The number of halogens is 2. The molecule has 2 aromatic rings. The summed E-state index contributed by atoms with van der Waals surface area (Å²) >= 11 is 5.99. The molecule has 0 fully saturated rings. The van der Waals surface area contributed by atoms with E-state index in [1.54, 1.807) is 14.2 Å². The monoisotopic (exact) mass is 339 g/mol. The molecule has 0 aliphatic carbocycles. The van der Waals surface area contributed by atoms with Crippen molar-refractivity contribution in [2.75, 3.05) is 20.8 Å². The molecule has 3 nitrogen and oxygen atoms in total. The molecule has 0 bridgehead atoms. The van der Waals surface area contributed by atoms with Crippen molar-refractivity contribution < 1.29 is 27.2 Å². The minimum absolute atomic E-state index is 0. The van der Waals surface area contributed by atoms with Crippen LogP contribution in [-0.4, -0.2) is 20.8 Å². The number of quaternary nitrogens is 1. The van der Waals surface area contributed by atoms with Gasteiger partial charge in [-0.3, -0.25) is 0 Å². The van der Waals surface area contributed by atoms with E-state index >= 15 is 0 Å². The Morgan fingerprint density at radius 3 is 2.32 bits per heavy atom. The smallest absolute Gasteiger partial charge is 0.161 e. The molecule has 5 heteroatoms. The van der Waals surface area contributed by atoms with Gasteiger partial charge in [-0.05, 0) is 29.8 Å². The van der Waals surface area contributed by atoms with Gasteiger partial charge in [0.2, 0.25) is 0 Å². The summed E-state index contributed by atoms with van der Waals surface area (Å²) in [4.78, 5) is 0. The molecule has 1 unspecified atom stereocenters. The van der Waals surface area contributed by atoms with Crippen molar-refractivity contribution in [1.29, 1.82) is 0 Å². The minimum atomic E-state index is 0. The lowest BCUT2D eigenvalue weighted by atomic mass is 9.89. The normalized spacial score (nSPS) is 16.4. The molecule has 2 N–H and O–H groups in total. The van der Waals surface area contributed by atoms with Gasteiger partial charge in [-0.25, -0.2) is 0 Å². The van der Waals surface area contributed by atoms with E-state index in [1.165, 1.54) is 16.7 Å². The first kappa shape index (κ1) is 16.9. The highest BCUT2D eigenvalue weighted by atomic mass is 35.5. The van der Waals surface area contributed by atoms with E-state index in [9.17, 15) is 0 Å². The average molecular weight is 340 g/mol. The van der Waals surface area contributed by atoms with Gasteiger partial charge in [-0.2, -0.15) is 0 Å². The summed E-state index contributed by atoms with van der Waals surface area (Å²) in [5, 5.41) is 3.12. The molecular formula is C17H19Cl2NO2. The maximum atomic E-state index is 5.99. The maximum Gasteiger partial charge on any atom is 0.161 e. The van der Waals surface area contributed by atoms with Crippen molar-refractivity contribution in [3.63, 3.8) is 0 Å². The zero-order valence-corrected chi connectivity index (χ0v) is 14.1. The summed E-state index contributed by atoms with van der Waals surface area (Å²) in [5.74, 6) is 1.58. The van der Waals surface area contributed by atoms with E-state index in [0.717, 1.165) is 29.5 Å². The van der Waals surface area contributed by atoms with Gasteiger partial charge in [0.05, 0.1) is 20.8 Å². The summed E-state index contributed by atoms with van der Waals surface area (Å²) in [6, 6.07) is 12.6. The van der Waals surface area contributed by atoms with Crippen molar-refractivity contribution in [3.05, 3.63) is 58.1 Å². The van der Waals surface area contributed by atoms with Crippen LogP contribution in [0, 0.1) is 0 Å². The third-order valence-corrected chi connectivity index (χ3v) is 4.28. The fourth-order valence-corrected chi connectivity index (χ4v) is 3.09. The standard InChI is InChI=1S/C17H18ClNO2.ClH/c1-20-15-9-12-7-8-19-17(14(12)10-16(15)21-2)11-3-5-13(18)6-4-11;/h3-6,9-10,17,19H,7-8H2,1-2H3;1H. The van der Waals surface area contributed by atoms with Gasteiger partial charge >= 0.3 is 0 Å². The number of methoxy groups -OCH3 is 2. The predicted molar refractivity (Wildman–Crippen MR) is 83.3 cm³/mol. The fourth-order valence-electron chi connectivity index (χ4n) is 2.96. The van der Waals surface area contributed by atoms with Crippen LogP contribution in [0.25, 0.3) is 0 Å². The molecule has 0 spiro atoms. The van der Waals surface area contributed by atoms with Crippen molar-refractivity contribution in [2.45, 2.75) is 12.5 Å². The summed E-state index contributed by atoms with van der Waals surface area (Å²) in [7, 11) is 3.35. The topological polar surface area (TPSA) is 35.1 Å². The lowest BCUT2D eigenvalue weighted by molar-refractivity contribution is -0.690. The summed E-state index contributed by atoms with van der Waals surface area (Å²) < 4.78 is 10.9. The Bertz CT molecular complexity index is 644. The lowest BCUT2D eigenvalue weighted by Gasteiger charge is -2.25. The Balaban J connectivity index is 0.00000176. The van der Waals surface area contributed by atoms with Gasteiger partial charge in [0.25, 0.3) is 0 Å². The van der Waals surface area contributed by atoms with Crippen LogP contribution in [0.15, 0.2) is 36.4 Å². The zero-order valence-electron chi connectivity index (χ0n) is 12.6. The van der Waals surface area contributed by atoms with Gasteiger partial charge in [0.1, 0.15) is 6.04 Å². The molecule has 1 aliphatic heterocycles. The van der Waals surface area contributed by atoms with E-state index < -0.39 is 0 Å². The second-order valence-corrected chi connectivity index (χ2v) is 5.65. The van der Waals surface area contributed by atoms with Crippen LogP contribution < -0.4 is 27.2 Å². The van der Waals surface area contributed by atoms with Crippen molar-refractivity contribution in [1.82, 2.24) is 0 Å². The first-order valence-corrected chi connectivity index (χ1v) is 7.44. The number of ether oxygens (including phenoxy) is 2. The second kappa shape index (κ2) is 7.23. The molecule has 22 heavy (non-hydrogen) atoms. The number of hydrogen-bond acceptors (Lipinski definition) is 2. The molecule has 3 rings (SSSR count). The van der Waals surface area contributed by atoms with E-state index in [0.29, 0.717) is 0 Å². The molecule has 2 aromatic carbocycles. The molecule has 0 amide bonds. The summed E-state index contributed by atoms with van der Waals surface area (Å²) in [5.41, 5.74) is 3.88. The highest BCUT2D eigenvalue weighted by Gasteiger charge is 2.27. The zero-order chi connectivity index (χ0) is 14.8. The SMILES string of the molecule is COc1cc2c(cc1OC)C(c1ccc(Cl)cc1)[NH2+]CC2.[Cl-]. The fraction of sp³-hybridized carbons (Fsp3) is 0.294. The van der Waals surface area contributed by atoms with E-state index in [-0.39, 0.29) is 18.4 Å². The van der Waals surface area contributed by atoms with Crippen LogP contribution >= 0.6 is 11.6 Å². The third-order valence-electron chi connectivity index (χ3n) is 4.03. The van der Waals surface area contributed by atoms with Crippen LogP contribution in [0.4, 0.5) is 0 Å². The summed E-state index contributed by atoms with van der Waals surface area (Å²) in [6.07, 6.45) is 1.04. The Labute approximate surface area is 142 Å². The molecule has 118 valence electrons. The molecule has 1 aliphatic rings. The molecule has 0 aromatic heterocycles. The average Bonchev–Trinajstić information content (AvgIpc) is 2.53. The molecule has 0 saturated carbocycles. The summed E-state index contributed by atoms with van der Waals surface area (Å²) in [6.45, 7) is 1.07. The van der Waals surface area contributed by atoms with Crippen LogP contribution in [0.2, 0.25) is 5.02 Å². The van der Waals surface area contributed by atoms with Crippen LogP contribution in [0.3, 0.4) is 0 Å². The maximum absolute atomic E-state index is 5.99. The third kappa shape index (κ3) is 3.17. The Hall–Kier alpha value is -1.42. The Morgan fingerprint density at radius 1 is 1.05 bits per heavy atom. The molecule has 0 radical (unpaired) electrons. The number of rotatable bonds is 3. The number of fused-ring (bicyclic) bond motifs is 1. The Kier molecular flexibility index (Phi) is 5.57.